The molecule has 0 bridgehead atoms. The van der Waals surface area contributed by atoms with E-state index < -0.39 is 0 Å². The normalized spacial score (nSPS) is 16.2. The third-order valence-electron chi connectivity index (χ3n) is 8.17. The largest absolute Gasteiger partial charge is 0.370 e. The van der Waals surface area contributed by atoms with Gasteiger partial charge in [0.05, 0.1) is 28.8 Å². The summed E-state index contributed by atoms with van der Waals surface area (Å²) in [7, 11) is 0. The second kappa shape index (κ2) is 13.6. The Balaban J connectivity index is 0.00000173. The molecule has 6 rings (SSSR count). The molecule has 4 aromatic heterocycles. The second-order valence-corrected chi connectivity index (χ2v) is 11.0. The van der Waals surface area contributed by atoms with Crippen LogP contribution in [0.15, 0.2) is 61.6 Å². The van der Waals surface area contributed by atoms with Crippen LogP contribution >= 0.6 is 0 Å². The van der Waals surface area contributed by atoms with E-state index in [1.807, 2.05) is 44.4 Å². The van der Waals surface area contributed by atoms with Crippen LogP contribution in [0.5, 0.6) is 0 Å². The lowest BCUT2D eigenvalue weighted by Crippen LogP contribution is -2.28. The molecular formula is C34H44N8. The number of anilines is 1. The number of likely N-dealkylation sites (tertiary alicyclic amines) is 1. The lowest BCUT2D eigenvalue weighted by atomic mass is 9.87. The number of allylic oxidation sites excluding steroid dienone is 3. The Morgan fingerprint density at radius 1 is 1.02 bits per heavy atom. The second-order valence-electron chi connectivity index (χ2n) is 11.0. The molecule has 0 unspecified atom stereocenters. The average molecular weight is 565 g/mol. The predicted octanol–water partition coefficient (Wildman–Crippen LogP) is 8.26. The fourth-order valence-corrected chi connectivity index (χ4v) is 6.01. The van der Waals surface area contributed by atoms with E-state index in [9.17, 15) is 0 Å². The van der Waals surface area contributed by atoms with E-state index >= 15 is 0 Å². The highest BCUT2D eigenvalue weighted by Gasteiger charge is 2.22. The van der Waals surface area contributed by atoms with Crippen molar-refractivity contribution in [2.24, 2.45) is 5.92 Å². The van der Waals surface area contributed by atoms with Crippen molar-refractivity contribution in [2.75, 3.05) is 18.4 Å². The topological polar surface area (TPSA) is 98.4 Å². The molecule has 1 aliphatic heterocycles. The Kier molecular flexibility index (Phi) is 9.52. The number of aromatic nitrogens is 6. The summed E-state index contributed by atoms with van der Waals surface area (Å²) < 4.78 is 0. The van der Waals surface area contributed by atoms with Gasteiger partial charge < -0.3 is 15.2 Å². The van der Waals surface area contributed by atoms with Gasteiger partial charge in [0.1, 0.15) is 11.2 Å². The Hall–Kier alpha value is -4.20. The van der Waals surface area contributed by atoms with E-state index in [0.717, 1.165) is 63.8 Å². The van der Waals surface area contributed by atoms with Crippen LogP contribution in [0.4, 0.5) is 5.69 Å². The van der Waals surface area contributed by atoms with Gasteiger partial charge in [-0.25, -0.2) is 9.97 Å². The van der Waals surface area contributed by atoms with Gasteiger partial charge in [0.2, 0.25) is 0 Å². The van der Waals surface area contributed by atoms with Gasteiger partial charge in [0, 0.05) is 36.2 Å². The monoisotopic (exact) mass is 564 g/mol. The minimum atomic E-state index is 0.527. The number of pyridine rings is 2. The molecule has 220 valence electrons. The van der Waals surface area contributed by atoms with Crippen molar-refractivity contribution in [1.29, 1.82) is 0 Å². The minimum Gasteiger partial charge on any atom is -0.370 e. The zero-order valence-corrected chi connectivity index (χ0v) is 25.3. The summed E-state index contributed by atoms with van der Waals surface area (Å²) in [5.41, 5.74) is 9.17. The first-order valence-corrected chi connectivity index (χ1v) is 15.5. The lowest BCUT2D eigenvalue weighted by Gasteiger charge is -2.30. The van der Waals surface area contributed by atoms with Gasteiger partial charge in [0.15, 0.2) is 11.5 Å². The van der Waals surface area contributed by atoms with Gasteiger partial charge in [-0.1, -0.05) is 52.3 Å². The molecule has 0 atom stereocenters. The van der Waals surface area contributed by atoms with Crippen molar-refractivity contribution in [3.63, 3.8) is 0 Å². The number of aromatic amines is 2. The van der Waals surface area contributed by atoms with Crippen LogP contribution < -0.4 is 5.32 Å². The van der Waals surface area contributed by atoms with Crippen molar-refractivity contribution in [1.82, 2.24) is 35.0 Å². The first-order chi connectivity index (χ1) is 20.6. The lowest BCUT2D eigenvalue weighted by molar-refractivity contribution is 0.325. The number of hydrogen-bond donors (Lipinski definition) is 3. The molecule has 1 saturated carbocycles. The molecule has 0 aromatic carbocycles. The first kappa shape index (κ1) is 29.3. The third kappa shape index (κ3) is 6.32. The number of rotatable bonds is 8. The summed E-state index contributed by atoms with van der Waals surface area (Å²) >= 11 is 0. The third-order valence-corrected chi connectivity index (χ3v) is 8.17. The summed E-state index contributed by atoms with van der Waals surface area (Å²) in [5, 5.41) is 11.3. The summed E-state index contributed by atoms with van der Waals surface area (Å²) in [5.74, 6) is 1.23. The highest BCUT2D eigenvalue weighted by Crippen LogP contribution is 2.32. The van der Waals surface area contributed by atoms with E-state index in [4.69, 9.17) is 9.97 Å². The van der Waals surface area contributed by atoms with E-state index in [1.54, 1.807) is 0 Å². The van der Waals surface area contributed by atoms with Crippen LogP contribution in [0.2, 0.25) is 0 Å². The van der Waals surface area contributed by atoms with Crippen LogP contribution in [-0.4, -0.2) is 48.1 Å². The number of hydrogen-bond acceptors (Lipinski definition) is 6. The fraction of sp³-hybridized carbons (Fsp3) is 0.412. The number of fused-ring (bicyclic) bond motifs is 1. The van der Waals surface area contributed by atoms with Crippen LogP contribution in [0.3, 0.4) is 0 Å². The molecule has 2 fully saturated rings. The molecule has 4 aromatic rings. The predicted molar refractivity (Wildman–Crippen MR) is 174 cm³/mol. The molecule has 0 spiro atoms. The van der Waals surface area contributed by atoms with Crippen LogP contribution in [0, 0.1) is 12.8 Å². The van der Waals surface area contributed by atoms with Gasteiger partial charge in [-0.3, -0.25) is 10.1 Å². The Morgan fingerprint density at radius 2 is 1.79 bits per heavy atom. The number of piperidine rings is 1. The van der Waals surface area contributed by atoms with E-state index in [0.29, 0.717) is 17.4 Å². The summed E-state index contributed by atoms with van der Waals surface area (Å²) in [6.07, 6.45) is 17.6. The zero-order chi connectivity index (χ0) is 29.5. The van der Waals surface area contributed by atoms with Crippen LogP contribution in [-0.2, 0) is 0 Å². The Morgan fingerprint density at radius 3 is 2.55 bits per heavy atom. The molecule has 3 N–H and O–H groups in total. The van der Waals surface area contributed by atoms with Gasteiger partial charge in [-0.15, -0.1) is 0 Å². The maximum Gasteiger partial charge on any atom is 0.161 e. The first-order valence-electron chi connectivity index (χ1n) is 15.5. The van der Waals surface area contributed by atoms with Crippen LogP contribution in [0.25, 0.3) is 39.5 Å². The van der Waals surface area contributed by atoms with Crippen molar-refractivity contribution >= 4 is 22.4 Å². The van der Waals surface area contributed by atoms with Gasteiger partial charge in [-0.05, 0) is 69.2 Å². The molecule has 1 aliphatic carbocycles. The summed E-state index contributed by atoms with van der Waals surface area (Å²) in [4.78, 5) is 20.4. The number of H-pyrrole nitrogens is 2. The maximum atomic E-state index is 5.02. The molecule has 0 radical (unpaired) electrons. The maximum absolute atomic E-state index is 5.02. The highest BCUT2D eigenvalue weighted by atomic mass is 15.2. The smallest absolute Gasteiger partial charge is 0.161 e. The fourth-order valence-electron chi connectivity index (χ4n) is 6.01. The number of nitrogens with one attached hydrogen (secondary N) is 3. The SMILES string of the molecule is C=C/C=C(\c1nc(-c2n[nH]c3ccc(-c4cncc(NC(=C)C5CCCCC5)c4)nc23)[nH]c1C)N1CCCCC1.CC. The molecule has 8 heteroatoms. The van der Waals surface area contributed by atoms with E-state index in [2.05, 4.69) is 62.6 Å². The molecule has 5 heterocycles. The number of imidazole rings is 1. The number of aryl methyl sites for hydroxylation is 1. The van der Waals surface area contributed by atoms with Gasteiger partial charge in [0.25, 0.3) is 0 Å². The van der Waals surface area contributed by atoms with Crippen molar-refractivity contribution in [3.05, 3.63) is 73.0 Å². The molecule has 8 nitrogen and oxygen atoms in total. The van der Waals surface area contributed by atoms with Crippen molar-refractivity contribution in [3.8, 4) is 22.8 Å². The van der Waals surface area contributed by atoms with E-state index in [-0.39, 0.29) is 0 Å². The Bertz CT molecular complexity index is 1550. The molecule has 2 aliphatic rings. The molecular weight excluding hydrogens is 520 g/mol. The van der Waals surface area contributed by atoms with Gasteiger partial charge >= 0.3 is 0 Å². The zero-order valence-electron chi connectivity index (χ0n) is 25.3. The summed E-state index contributed by atoms with van der Waals surface area (Å²) in [6.45, 7) is 16.4. The summed E-state index contributed by atoms with van der Waals surface area (Å²) in [6, 6.07) is 6.11. The quantitative estimate of drug-likeness (QED) is 0.186. The van der Waals surface area contributed by atoms with Crippen molar-refractivity contribution < 1.29 is 0 Å². The molecule has 1 saturated heterocycles. The molecule has 42 heavy (non-hydrogen) atoms. The van der Waals surface area contributed by atoms with E-state index in [1.165, 1.54) is 51.4 Å². The van der Waals surface area contributed by atoms with Gasteiger partial charge in [-0.2, -0.15) is 5.10 Å². The standard InChI is InChI=1S/C32H38N8.C2H6/c1-4-11-28(40-16-9-6-10-17-40)29-22(3)35-32(37-29)31-30-27(38-39-31)15-14-26(36-30)24-18-25(20-33-19-24)34-21(2)23-12-7-5-8-13-23;1-2/h4,11,14-15,18-20,23,34H,1-2,5-10,12-13,16-17H2,3H3,(H,35,37)(H,38,39);1-2H3/b28-11+;. The van der Waals surface area contributed by atoms with Crippen molar-refractivity contribution in [2.45, 2.75) is 72.1 Å². The molecule has 0 amide bonds. The minimum absolute atomic E-state index is 0.527. The van der Waals surface area contributed by atoms with Crippen LogP contribution in [0.1, 0.15) is 76.6 Å². The number of nitrogens with zero attached hydrogens (tertiary/aromatic N) is 5. The highest BCUT2D eigenvalue weighted by molar-refractivity contribution is 5.89. The average Bonchev–Trinajstić information content (AvgIpc) is 3.64. The Labute approximate surface area is 249 Å².